The molecule has 1 aliphatic heterocycles. The van der Waals surface area contributed by atoms with E-state index in [4.69, 9.17) is 0 Å². The van der Waals surface area contributed by atoms with Gasteiger partial charge in [-0.1, -0.05) is 6.07 Å². The Bertz CT molecular complexity index is 1050. The predicted octanol–water partition coefficient (Wildman–Crippen LogP) is 5.17. The Morgan fingerprint density at radius 2 is 2.12 bits per heavy atom. The summed E-state index contributed by atoms with van der Waals surface area (Å²) in [6.07, 6.45) is 4.37. The van der Waals surface area contributed by atoms with E-state index >= 15 is 0 Å². The third kappa shape index (κ3) is 2.17. The molecule has 0 saturated carbocycles. The predicted molar refractivity (Wildman–Crippen MR) is 102 cm³/mol. The van der Waals surface area contributed by atoms with Crippen molar-refractivity contribution in [3.63, 3.8) is 0 Å². The molecule has 0 bridgehead atoms. The molecule has 1 N–H and O–H groups in total. The summed E-state index contributed by atoms with van der Waals surface area (Å²) < 4.78 is 0. The molecule has 0 unspecified atom stereocenters. The van der Waals surface area contributed by atoms with Gasteiger partial charge in [-0.05, 0) is 60.5 Å². The number of ketones is 1. The number of pyridine rings is 1. The standard InChI is InChI=1S/C21H18N2OS/c1-12-9-11-25-21(12)20-18-13-4-3-10-22-14(13)7-8-16(18)23-15-5-2-6-17(24)19(15)20/h3-4,7-11,20,23H,2,5-6H2,1H3/t20-/m1/s1. The van der Waals surface area contributed by atoms with Crippen molar-refractivity contribution < 1.29 is 4.79 Å². The minimum atomic E-state index is 0.0203. The summed E-state index contributed by atoms with van der Waals surface area (Å²) >= 11 is 1.75. The van der Waals surface area contributed by atoms with Gasteiger partial charge in [-0.15, -0.1) is 11.3 Å². The molecular formula is C21H18N2OS. The SMILES string of the molecule is Cc1ccsc1[C@H]1C2=C(CCCC2=O)Nc2ccc3ncccc3c21. The lowest BCUT2D eigenvalue weighted by Gasteiger charge is -2.34. The van der Waals surface area contributed by atoms with Crippen LogP contribution in [0.25, 0.3) is 10.9 Å². The van der Waals surface area contributed by atoms with Crippen molar-refractivity contribution in [1.82, 2.24) is 4.98 Å². The van der Waals surface area contributed by atoms with Crippen molar-refractivity contribution in [2.24, 2.45) is 0 Å². The van der Waals surface area contributed by atoms with Gasteiger partial charge in [-0.25, -0.2) is 0 Å². The maximum absolute atomic E-state index is 12.9. The Labute approximate surface area is 150 Å². The molecule has 3 aromatic rings. The highest BCUT2D eigenvalue weighted by Crippen LogP contribution is 2.49. The number of carbonyl (C=O) groups is 1. The zero-order chi connectivity index (χ0) is 17.0. The van der Waals surface area contributed by atoms with Crippen molar-refractivity contribution in [2.75, 3.05) is 5.32 Å². The first kappa shape index (κ1) is 14.8. The van der Waals surface area contributed by atoms with Gasteiger partial charge >= 0.3 is 0 Å². The number of nitrogens with zero attached hydrogens (tertiary/aromatic N) is 1. The van der Waals surface area contributed by atoms with Crippen LogP contribution in [0.3, 0.4) is 0 Å². The van der Waals surface area contributed by atoms with Gasteiger partial charge in [0, 0.05) is 39.8 Å². The number of nitrogens with one attached hydrogen (secondary N) is 1. The lowest BCUT2D eigenvalue weighted by Crippen LogP contribution is -2.27. The molecule has 5 rings (SSSR count). The highest BCUT2D eigenvalue weighted by atomic mass is 32.1. The first-order chi connectivity index (χ1) is 12.2. The largest absolute Gasteiger partial charge is 0.358 e. The average molecular weight is 346 g/mol. The number of aryl methyl sites for hydroxylation is 1. The normalized spacial score (nSPS) is 19.6. The molecule has 0 spiro atoms. The third-order valence-corrected chi connectivity index (χ3v) is 6.39. The molecule has 0 saturated heterocycles. The number of aromatic nitrogens is 1. The van der Waals surface area contributed by atoms with Gasteiger partial charge in [0.15, 0.2) is 5.78 Å². The van der Waals surface area contributed by atoms with Gasteiger partial charge < -0.3 is 5.32 Å². The second kappa shape index (κ2) is 5.53. The summed E-state index contributed by atoms with van der Waals surface area (Å²) in [5, 5.41) is 6.83. The number of fused-ring (bicyclic) bond motifs is 3. The van der Waals surface area contributed by atoms with Gasteiger partial charge in [0.25, 0.3) is 0 Å². The Morgan fingerprint density at radius 3 is 2.96 bits per heavy atom. The maximum atomic E-state index is 12.9. The van der Waals surface area contributed by atoms with Gasteiger partial charge in [-0.3, -0.25) is 9.78 Å². The summed E-state index contributed by atoms with van der Waals surface area (Å²) in [5.41, 5.74) is 6.64. The van der Waals surface area contributed by atoms with Crippen molar-refractivity contribution in [1.29, 1.82) is 0 Å². The van der Waals surface area contributed by atoms with Crippen LogP contribution in [0, 0.1) is 6.92 Å². The van der Waals surface area contributed by atoms with Crippen LogP contribution in [-0.4, -0.2) is 10.8 Å². The lowest BCUT2D eigenvalue weighted by atomic mass is 9.76. The Kier molecular flexibility index (Phi) is 3.28. The highest BCUT2D eigenvalue weighted by Gasteiger charge is 2.37. The van der Waals surface area contributed by atoms with Crippen molar-refractivity contribution in [3.05, 3.63) is 69.2 Å². The van der Waals surface area contributed by atoms with Gasteiger partial charge in [0.05, 0.1) is 11.4 Å². The molecule has 3 heterocycles. The third-order valence-electron chi connectivity index (χ3n) is 5.31. The van der Waals surface area contributed by atoms with Crippen LogP contribution in [0.5, 0.6) is 0 Å². The maximum Gasteiger partial charge on any atom is 0.161 e. The van der Waals surface area contributed by atoms with E-state index in [1.165, 1.54) is 16.0 Å². The average Bonchev–Trinajstić information content (AvgIpc) is 3.05. The second-order valence-corrected chi connectivity index (χ2v) is 7.74. The fraction of sp³-hybridized carbons (Fsp3) is 0.238. The van der Waals surface area contributed by atoms with E-state index in [-0.39, 0.29) is 11.7 Å². The first-order valence-corrected chi connectivity index (χ1v) is 9.57. The topological polar surface area (TPSA) is 42.0 Å². The van der Waals surface area contributed by atoms with E-state index < -0.39 is 0 Å². The first-order valence-electron chi connectivity index (χ1n) is 8.69. The summed E-state index contributed by atoms with van der Waals surface area (Å²) in [6.45, 7) is 2.14. The molecule has 4 heteroatoms. The van der Waals surface area contributed by atoms with Crippen LogP contribution < -0.4 is 5.32 Å². The number of anilines is 1. The van der Waals surface area contributed by atoms with Crippen molar-refractivity contribution in [3.8, 4) is 0 Å². The molecule has 124 valence electrons. The Morgan fingerprint density at radius 1 is 1.20 bits per heavy atom. The highest BCUT2D eigenvalue weighted by molar-refractivity contribution is 7.10. The summed E-state index contributed by atoms with van der Waals surface area (Å²) in [4.78, 5) is 18.7. The van der Waals surface area contributed by atoms with E-state index in [2.05, 4.69) is 46.9 Å². The molecule has 1 atom stereocenters. The number of Topliss-reactive ketones (excluding diaryl/α,β-unsaturated/α-hetero) is 1. The van der Waals surface area contributed by atoms with Crippen LogP contribution in [0.2, 0.25) is 0 Å². The molecule has 1 aromatic carbocycles. The molecule has 0 amide bonds. The number of benzene rings is 1. The zero-order valence-corrected chi connectivity index (χ0v) is 14.8. The number of thiophene rings is 1. The summed E-state index contributed by atoms with van der Waals surface area (Å²) in [7, 11) is 0. The monoisotopic (exact) mass is 346 g/mol. The van der Waals surface area contributed by atoms with Crippen molar-refractivity contribution >= 4 is 33.7 Å². The quantitative estimate of drug-likeness (QED) is 0.661. The molecule has 0 fully saturated rings. The molecule has 25 heavy (non-hydrogen) atoms. The fourth-order valence-electron chi connectivity index (χ4n) is 4.17. The van der Waals surface area contributed by atoms with Crippen molar-refractivity contribution in [2.45, 2.75) is 32.1 Å². The number of hydrogen-bond donors (Lipinski definition) is 1. The number of hydrogen-bond acceptors (Lipinski definition) is 4. The molecule has 2 aliphatic rings. The van der Waals surface area contributed by atoms with Gasteiger partial charge in [-0.2, -0.15) is 0 Å². The number of carbonyl (C=O) groups excluding carboxylic acids is 1. The van der Waals surface area contributed by atoms with E-state index in [0.717, 1.165) is 40.7 Å². The molecule has 3 nitrogen and oxygen atoms in total. The minimum absolute atomic E-state index is 0.0203. The van der Waals surface area contributed by atoms with E-state index in [1.807, 2.05) is 12.3 Å². The van der Waals surface area contributed by atoms with E-state index in [9.17, 15) is 4.79 Å². The number of rotatable bonds is 1. The summed E-state index contributed by atoms with van der Waals surface area (Å²) in [5.74, 6) is 0.310. The number of allylic oxidation sites excluding steroid dienone is 2. The van der Waals surface area contributed by atoms with Crippen LogP contribution in [0.4, 0.5) is 5.69 Å². The fourth-order valence-corrected chi connectivity index (χ4v) is 5.22. The second-order valence-electron chi connectivity index (χ2n) is 6.79. The smallest absolute Gasteiger partial charge is 0.161 e. The van der Waals surface area contributed by atoms with Crippen LogP contribution in [0.1, 0.15) is 41.2 Å². The van der Waals surface area contributed by atoms with E-state index in [0.29, 0.717) is 6.42 Å². The molecule has 1 aliphatic carbocycles. The van der Waals surface area contributed by atoms with E-state index in [1.54, 1.807) is 11.3 Å². The van der Waals surface area contributed by atoms with Crippen LogP contribution >= 0.6 is 11.3 Å². The molecular weight excluding hydrogens is 328 g/mol. The zero-order valence-electron chi connectivity index (χ0n) is 14.0. The summed E-state index contributed by atoms with van der Waals surface area (Å²) in [6, 6.07) is 10.4. The van der Waals surface area contributed by atoms with Gasteiger partial charge in [0.2, 0.25) is 0 Å². The van der Waals surface area contributed by atoms with Crippen LogP contribution in [0.15, 0.2) is 53.2 Å². The molecule has 0 radical (unpaired) electrons. The Balaban J connectivity index is 1.86. The lowest BCUT2D eigenvalue weighted by molar-refractivity contribution is -0.116. The molecule has 2 aromatic heterocycles. The van der Waals surface area contributed by atoms with Gasteiger partial charge in [0.1, 0.15) is 0 Å². The Hall–Kier alpha value is -2.46. The minimum Gasteiger partial charge on any atom is -0.358 e. The van der Waals surface area contributed by atoms with Crippen LogP contribution in [-0.2, 0) is 4.79 Å².